The van der Waals surface area contributed by atoms with Crippen LogP contribution in [0.1, 0.15) is 40.0 Å². The van der Waals surface area contributed by atoms with Crippen LogP contribution >= 0.6 is 0 Å². The number of amides is 2. The fourth-order valence-electron chi connectivity index (χ4n) is 5.99. The predicted octanol–water partition coefficient (Wildman–Crippen LogP) is 3.97. The van der Waals surface area contributed by atoms with Crippen LogP contribution in [-0.4, -0.2) is 80.9 Å². The molecule has 2 aliphatic rings. The molecule has 7 rings (SSSR count). The molecular formula is C31H31N7O4. The lowest BCUT2D eigenvalue weighted by molar-refractivity contribution is 0.0516. The maximum Gasteiger partial charge on any atom is 0.261 e. The number of rotatable bonds is 8. The third-order valence-electron chi connectivity index (χ3n) is 8.22. The minimum atomic E-state index is -0.303. The van der Waals surface area contributed by atoms with Crippen LogP contribution in [0.15, 0.2) is 59.7 Å². The number of fused-ring (bicyclic) bond motifs is 3. The number of hydrogen-bond donors (Lipinski definition) is 4. The largest absolute Gasteiger partial charge is 0.493 e. The highest BCUT2D eigenvalue weighted by Gasteiger charge is 2.41. The van der Waals surface area contributed by atoms with E-state index in [1.165, 1.54) is 4.90 Å². The molecule has 0 aliphatic carbocycles. The molecule has 0 bridgehead atoms. The summed E-state index contributed by atoms with van der Waals surface area (Å²) < 4.78 is 5.99. The van der Waals surface area contributed by atoms with Crippen LogP contribution in [0.3, 0.4) is 0 Å². The van der Waals surface area contributed by atoms with Crippen molar-refractivity contribution >= 4 is 39.4 Å². The lowest BCUT2D eigenvalue weighted by Crippen LogP contribution is -2.46. The average molecular weight is 566 g/mol. The summed E-state index contributed by atoms with van der Waals surface area (Å²) in [4.78, 5) is 57.0. The van der Waals surface area contributed by atoms with E-state index >= 15 is 0 Å². The summed E-state index contributed by atoms with van der Waals surface area (Å²) in [6, 6.07) is 12.9. The van der Waals surface area contributed by atoms with E-state index in [1.807, 2.05) is 37.5 Å². The molecule has 214 valence electrons. The minimum absolute atomic E-state index is 0.0975. The zero-order valence-corrected chi connectivity index (χ0v) is 23.2. The third kappa shape index (κ3) is 4.51. The summed E-state index contributed by atoms with van der Waals surface area (Å²) in [5, 5.41) is 4.37. The summed E-state index contributed by atoms with van der Waals surface area (Å²) in [6.45, 7) is 2.78. The maximum absolute atomic E-state index is 13.3. The summed E-state index contributed by atoms with van der Waals surface area (Å²) >= 11 is 0. The molecule has 0 unspecified atom stereocenters. The highest BCUT2D eigenvalue weighted by Crippen LogP contribution is 2.33. The normalized spacial score (nSPS) is 16.1. The van der Waals surface area contributed by atoms with Crippen molar-refractivity contribution in [3.63, 3.8) is 0 Å². The Kier molecular flexibility index (Phi) is 6.50. The van der Waals surface area contributed by atoms with E-state index in [0.717, 1.165) is 42.6 Å². The predicted molar refractivity (Wildman–Crippen MR) is 160 cm³/mol. The van der Waals surface area contributed by atoms with Crippen molar-refractivity contribution in [1.29, 1.82) is 0 Å². The molecule has 3 aromatic heterocycles. The number of ether oxygens (including phenoxy) is 1. The number of likely N-dealkylation sites (tertiary alicyclic amines) is 1. The van der Waals surface area contributed by atoms with Gasteiger partial charge in [0.05, 0.1) is 34.5 Å². The van der Waals surface area contributed by atoms with E-state index in [0.29, 0.717) is 58.8 Å². The van der Waals surface area contributed by atoms with Crippen molar-refractivity contribution in [2.75, 3.05) is 38.6 Å². The topological polar surface area (TPSA) is 139 Å². The van der Waals surface area contributed by atoms with Crippen molar-refractivity contribution in [3.05, 3.63) is 76.3 Å². The van der Waals surface area contributed by atoms with Gasteiger partial charge in [-0.05, 0) is 75.8 Å². The summed E-state index contributed by atoms with van der Waals surface area (Å²) in [6.07, 6.45) is 5.72. The molecule has 0 atom stereocenters. The molecule has 2 amide bonds. The Bertz CT molecular complexity index is 1830. The van der Waals surface area contributed by atoms with Crippen LogP contribution in [0.2, 0.25) is 0 Å². The van der Waals surface area contributed by atoms with Gasteiger partial charge in [-0.2, -0.15) is 0 Å². The molecular weight excluding hydrogens is 534 g/mol. The number of aromatic nitrogens is 4. The van der Waals surface area contributed by atoms with Crippen molar-refractivity contribution in [1.82, 2.24) is 29.7 Å². The van der Waals surface area contributed by atoms with Gasteiger partial charge in [-0.15, -0.1) is 0 Å². The van der Waals surface area contributed by atoms with Crippen LogP contribution in [0.5, 0.6) is 5.75 Å². The number of pyridine rings is 1. The first-order chi connectivity index (χ1) is 20.5. The molecule has 5 aromatic rings. The van der Waals surface area contributed by atoms with Gasteiger partial charge < -0.3 is 29.9 Å². The molecule has 11 nitrogen and oxygen atoms in total. The van der Waals surface area contributed by atoms with Gasteiger partial charge in [0.2, 0.25) is 0 Å². The van der Waals surface area contributed by atoms with Gasteiger partial charge >= 0.3 is 0 Å². The standard InChI is InChI=1S/C31H31N7O4/c1-37-13-8-18(9-14-37)38-30(40)20-16-24-25(17-21(20)31(38)41)36-28(35-24)27-23(7-12-34-29(27)39)32-10-3-15-42-26-5-2-4-22-19(26)6-11-33-22/h2,4-7,11-12,16-18,33H,3,8-10,13-15H2,1H3,(H,35,36)(H2,32,34,39). The van der Waals surface area contributed by atoms with Crippen molar-refractivity contribution in [2.45, 2.75) is 25.3 Å². The first kappa shape index (κ1) is 26.0. The smallest absolute Gasteiger partial charge is 0.261 e. The molecule has 0 spiro atoms. The highest BCUT2D eigenvalue weighted by molar-refractivity contribution is 6.23. The van der Waals surface area contributed by atoms with E-state index in [9.17, 15) is 14.4 Å². The first-order valence-corrected chi connectivity index (χ1v) is 14.2. The number of imide groups is 1. The third-order valence-corrected chi connectivity index (χ3v) is 8.22. The van der Waals surface area contributed by atoms with E-state index in [2.05, 4.69) is 30.2 Å². The Morgan fingerprint density at radius 1 is 0.976 bits per heavy atom. The quantitative estimate of drug-likeness (QED) is 0.165. The van der Waals surface area contributed by atoms with Crippen LogP contribution < -0.4 is 15.6 Å². The van der Waals surface area contributed by atoms with Crippen LogP contribution in [0.4, 0.5) is 5.69 Å². The molecule has 0 radical (unpaired) electrons. The molecule has 2 aromatic carbocycles. The zero-order chi connectivity index (χ0) is 28.8. The summed E-state index contributed by atoms with van der Waals surface area (Å²) in [5.41, 5.74) is 3.56. The van der Waals surface area contributed by atoms with E-state index in [-0.39, 0.29) is 23.4 Å². The Morgan fingerprint density at radius 2 is 1.76 bits per heavy atom. The number of imidazole rings is 1. The molecule has 11 heteroatoms. The number of piperidine rings is 1. The Labute approximate surface area is 240 Å². The zero-order valence-electron chi connectivity index (χ0n) is 23.2. The lowest BCUT2D eigenvalue weighted by Gasteiger charge is -2.33. The molecule has 4 N–H and O–H groups in total. The fourth-order valence-corrected chi connectivity index (χ4v) is 5.99. The highest BCUT2D eigenvalue weighted by atomic mass is 16.5. The average Bonchev–Trinajstić information content (AvgIpc) is 3.69. The molecule has 5 heterocycles. The number of anilines is 1. The molecule has 0 saturated carbocycles. The SMILES string of the molecule is CN1CCC(N2C(=O)c3cc4nc(-c5c(NCCCOc6cccc7[nH]ccc67)cc[nH]c5=O)[nH]c4cc3C2=O)CC1. The maximum atomic E-state index is 13.3. The van der Waals surface area contributed by atoms with Crippen LogP contribution in [0, 0.1) is 0 Å². The Hall–Kier alpha value is -4.90. The summed E-state index contributed by atoms with van der Waals surface area (Å²) in [7, 11) is 2.05. The molecule has 2 aliphatic heterocycles. The molecule has 1 fully saturated rings. The van der Waals surface area contributed by atoms with Crippen LogP contribution in [0.25, 0.3) is 33.3 Å². The number of hydrogen-bond acceptors (Lipinski definition) is 7. The van der Waals surface area contributed by atoms with Gasteiger partial charge in [0.1, 0.15) is 17.1 Å². The Balaban J connectivity index is 1.08. The van der Waals surface area contributed by atoms with Gasteiger partial charge in [-0.25, -0.2) is 4.98 Å². The number of H-pyrrole nitrogens is 3. The number of carbonyl (C=O) groups is 2. The monoisotopic (exact) mass is 565 g/mol. The second kappa shape index (κ2) is 10.5. The number of aromatic amines is 3. The minimum Gasteiger partial charge on any atom is -0.493 e. The number of carbonyl (C=O) groups excluding carboxylic acids is 2. The van der Waals surface area contributed by atoms with Gasteiger partial charge in [0.15, 0.2) is 0 Å². The molecule has 1 saturated heterocycles. The summed E-state index contributed by atoms with van der Waals surface area (Å²) in [5.74, 6) is 0.648. The fraction of sp³-hybridized carbons (Fsp3) is 0.290. The van der Waals surface area contributed by atoms with E-state index in [4.69, 9.17) is 4.74 Å². The van der Waals surface area contributed by atoms with Gasteiger partial charge in [0, 0.05) is 35.9 Å². The molecule has 42 heavy (non-hydrogen) atoms. The second-order valence-corrected chi connectivity index (χ2v) is 10.9. The van der Waals surface area contributed by atoms with E-state index < -0.39 is 0 Å². The Morgan fingerprint density at radius 3 is 2.60 bits per heavy atom. The van der Waals surface area contributed by atoms with Crippen molar-refractivity contribution < 1.29 is 14.3 Å². The van der Waals surface area contributed by atoms with Crippen molar-refractivity contribution in [2.24, 2.45) is 0 Å². The first-order valence-electron chi connectivity index (χ1n) is 14.2. The number of benzene rings is 2. The number of nitrogens with zero attached hydrogens (tertiary/aromatic N) is 3. The second-order valence-electron chi connectivity index (χ2n) is 10.9. The van der Waals surface area contributed by atoms with E-state index in [1.54, 1.807) is 24.4 Å². The van der Waals surface area contributed by atoms with Gasteiger partial charge in [0.25, 0.3) is 17.4 Å². The van der Waals surface area contributed by atoms with Gasteiger partial charge in [-0.1, -0.05) is 6.07 Å². The number of nitrogens with one attached hydrogen (secondary N) is 4. The lowest BCUT2D eigenvalue weighted by atomic mass is 10.0. The van der Waals surface area contributed by atoms with Crippen molar-refractivity contribution in [3.8, 4) is 17.1 Å². The van der Waals surface area contributed by atoms with Gasteiger partial charge in [-0.3, -0.25) is 19.3 Å². The van der Waals surface area contributed by atoms with Crippen LogP contribution in [-0.2, 0) is 0 Å².